The standard InChI is InChI=1S/C13H17Cl2N5S/c1-20(2)13(21-3)18-8-6-9(14)11(10(15)7-8)19-12-16-4-5-17-12/h6-7H,4-5H2,1-3H3,(H2,16,17,19). The topological polar surface area (TPSA) is 52.0 Å². The van der Waals surface area contributed by atoms with E-state index < -0.39 is 0 Å². The minimum atomic E-state index is 0.475. The van der Waals surface area contributed by atoms with Gasteiger partial charge in [0.05, 0.1) is 15.7 Å². The molecule has 1 aliphatic rings. The third kappa shape index (κ3) is 4.18. The van der Waals surface area contributed by atoms with Crippen LogP contribution in [0.5, 0.6) is 0 Å². The highest BCUT2D eigenvalue weighted by Gasteiger charge is 2.12. The molecule has 5 nitrogen and oxygen atoms in total. The molecule has 114 valence electrons. The number of halogens is 2. The van der Waals surface area contributed by atoms with Crippen LogP contribution in [0.25, 0.3) is 0 Å². The fourth-order valence-electron chi connectivity index (χ4n) is 1.78. The molecule has 1 heterocycles. The lowest BCUT2D eigenvalue weighted by Gasteiger charge is -2.13. The quantitative estimate of drug-likeness (QED) is 0.638. The second-order valence-electron chi connectivity index (χ2n) is 4.56. The molecule has 1 aromatic rings. The van der Waals surface area contributed by atoms with E-state index in [0.29, 0.717) is 27.4 Å². The summed E-state index contributed by atoms with van der Waals surface area (Å²) in [6.45, 7) is 1.69. The highest BCUT2D eigenvalue weighted by Crippen LogP contribution is 2.37. The molecule has 8 heteroatoms. The van der Waals surface area contributed by atoms with Crippen LogP contribution in [0.3, 0.4) is 0 Å². The number of aliphatic imine (C=N–C) groups is 2. The molecule has 0 amide bonds. The molecule has 21 heavy (non-hydrogen) atoms. The summed E-state index contributed by atoms with van der Waals surface area (Å²) in [7, 11) is 3.88. The maximum Gasteiger partial charge on any atom is 0.196 e. The third-order valence-corrected chi connectivity index (χ3v) is 4.12. The van der Waals surface area contributed by atoms with E-state index in [2.05, 4.69) is 20.6 Å². The highest BCUT2D eigenvalue weighted by molar-refractivity contribution is 8.13. The summed E-state index contributed by atoms with van der Waals surface area (Å²) in [6.07, 6.45) is 1.97. The predicted octanol–water partition coefficient (Wildman–Crippen LogP) is 3.09. The first-order valence-electron chi connectivity index (χ1n) is 6.36. The molecule has 1 fully saturated rings. The Morgan fingerprint density at radius 2 is 1.76 bits per heavy atom. The van der Waals surface area contributed by atoms with Gasteiger partial charge in [-0.3, -0.25) is 0 Å². The molecular weight excluding hydrogens is 329 g/mol. The molecule has 1 aromatic carbocycles. The van der Waals surface area contributed by atoms with E-state index in [9.17, 15) is 0 Å². The zero-order valence-corrected chi connectivity index (χ0v) is 14.4. The predicted molar refractivity (Wildman–Crippen MR) is 93.9 cm³/mol. The van der Waals surface area contributed by atoms with Gasteiger partial charge in [-0.05, 0) is 18.4 Å². The van der Waals surface area contributed by atoms with Crippen LogP contribution in [0.1, 0.15) is 0 Å². The Balaban J connectivity index is 2.35. The number of nitrogens with zero attached hydrogens (tertiary/aromatic N) is 3. The summed E-state index contributed by atoms with van der Waals surface area (Å²) in [4.78, 5) is 10.9. The van der Waals surface area contributed by atoms with Crippen molar-refractivity contribution in [3.8, 4) is 0 Å². The number of amidine groups is 1. The number of guanidine groups is 1. The number of hydrogen-bond donors (Lipinski definition) is 2. The van der Waals surface area contributed by atoms with Gasteiger partial charge < -0.3 is 15.5 Å². The summed E-state index contributed by atoms with van der Waals surface area (Å²) in [5, 5.41) is 8.06. The van der Waals surface area contributed by atoms with Gasteiger partial charge in [-0.25, -0.2) is 9.98 Å². The maximum atomic E-state index is 6.28. The van der Waals surface area contributed by atoms with Crippen LogP contribution in [-0.2, 0) is 0 Å². The molecule has 0 aromatic heterocycles. The van der Waals surface area contributed by atoms with E-state index in [-0.39, 0.29) is 0 Å². The van der Waals surface area contributed by atoms with E-state index in [1.54, 1.807) is 23.9 Å². The van der Waals surface area contributed by atoms with Crippen molar-refractivity contribution in [2.75, 3.05) is 33.4 Å². The molecule has 1 saturated heterocycles. The molecular formula is C13H17Cl2N5S. The summed E-state index contributed by atoms with van der Waals surface area (Å²) in [5.41, 5.74) is 1.25. The average molecular weight is 346 g/mol. The van der Waals surface area contributed by atoms with Crippen molar-refractivity contribution in [3.05, 3.63) is 22.2 Å². The largest absolute Gasteiger partial charge is 0.357 e. The van der Waals surface area contributed by atoms with Crippen LogP contribution in [-0.4, -0.2) is 49.5 Å². The van der Waals surface area contributed by atoms with Crippen LogP contribution >= 0.6 is 35.0 Å². The second kappa shape index (κ2) is 7.24. The lowest BCUT2D eigenvalue weighted by molar-refractivity contribution is 0.637. The number of rotatable bonds is 2. The van der Waals surface area contributed by atoms with E-state index >= 15 is 0 Å². The van der Waals surface area contributed by atoms with Gasteiger partial charge >= 0.3 is 0 Å². The Hall–Kier alpha value is -1.11. The lowest BCUT2D eigenvalue weighted by atomic mass is 10.3. The number of benzene rings is 1. The smallest absolute Gasteiger partial charge is 0.196 e. The Morgan fingerprint density at radius 3 is 2.24 bits per heavy atom. The van der Waals surface area contributed by atoms with Gasteiger partial charge in [0.15, 0.2) is 11.1 Å². The molecule has 0 atom stereocenters. The molecule has 2 N–H and O–H groups in total. The van der Waals surface area contributed by atoms with Crippen molar-refractivity contribution in [2.24, 2.45) is 9.98 Å². The third-order valence-electron chi connectivity index (χ3n) is 2.73. The van der Waals surface area contributed by atoms with Gasteiger partial charge in [-0.2, -0.15) is 0 Å². The van der Waals surface area contributed by atoms with Crippen molar-refractivity contribution in [1.82, 2.24) is 15.5 Å². The SMILES string of the molecule is CSC(=Nc1cc(Cl)c(N=C2NCCN2)c(Cl)c1)N(C)C. The fourth-order valence-corrected chi connectivity index (χ4v) is 2.90. The number of hydrogen-bond acceptors (Lipinski definition) is 3. The van der Waals surface area contributed by atoms with Gasteiger partial charge in [-0.15, -0.1) is 0 Å². The average Bonchev–Trinajstić information content (AvgIpc) is 2.93. The monoisotopic (exact) mass is 345 g/mol. The molecule has 0 bridgehead atoms. The summed E-state index contributed by atoms with van der Waals surface area (Å²) >= 11 is 14.1. The summed E-state index contributed by atoms with van der Waals surface area (Å²) in [6, 6.07) is 3.53. The highest BCUT2D eigenvalue weighted by atomic mass is 35.5. The maximum absolute atomic E-state index is 6.28. The van der Waals surface area contributed by atoms with Gasteiger partial charge in [0.2, 0.25) is 0 Å². The molecule has 0 saturated carbocycles. The van der Waals surface area contributed by atoms with Gasteiger partial charge in [-0.1, -0.05) is 35.0 Å². The van der Waals surface area contributed by atoms with Crippen LogP contribution in [0.4, 0.5) is 11.4 Å². The first kappa shape index (κ1) is 16.3. The molecule has 0 radical (unpaired) electrons. The Morgan fingerprint density at radius 1 is 1.19 bits per heavy atom. The van der Waals surface area contributed by atoms with E-state index in [0.717, 1.165) is 18.3 Å². The minimum Gasteiger partial charge on any atom is -0.357 e. The molecule has 2 rings (SSSR count). The molecule has 0 spiro atoms. The first-order valence-corrected chi connectivity index (χ1v) is 8.35. The van der Waals surface area contributed by atoms with Crippen LogP contribution in [0, 0.1) is 0 Å². The summed E-state index contributed by atoms with van der Waals surface area (Å²) in [5.74, 6) is 0.688. The zero-order chi connectivity index (χ0) is 15.4. The van der Waals surface area contributed by atoms with Gasteiger partial charge in [0.25, 0.3) is 0 Å². The lowest BCUT2D eigenvalue weighted by Crippen LogP contribution is -2.23. The van der Waals surface area contributed by atoms with Crippen molar-refractivity contribution in [1.29, 1.82) is 0 Å². The number of nitrogens with one attached hydrogen (secondary N) is 2. The van der Waals surface area contributed by atoms with Crippen LogP contribution < -0.4 is 10.6 Å². The summed E-state index contributed by atoms with van der Waals surface area (Å²) < 4.78 is 0. The Kier molecular flexibility index (Phi) is 5.61. The zero-order valence-electron chi connectivity index (χ0n) is 12.1. The Bertz CT molecular complexity index is 555. The van der Waals surface area contributed by atoms with Crippen molar-refractivity contribution in [3.63, 3.8) is 0 Å². The Labute approximate surface area is 138 Å². The van der Waals surface area contributed by atoms with Crippen LogP contribution in [0.2, 0.25) is 10.0 Å². The molecule has 0 aliphatic carbocycles. The van der Waals surface area contributed by atoms with Gasteiger partial charge in [0, 0.05) is 27.2 Å². The normalized spacial score (nSPS) is 14.7. The second-order valence-corrected chi connectivity index (χ2v) is 6.15. The molecule has 0 unspecified atom stereocenters. The number of thioether (sulfide) groups is 1. The van der Waals surface area contributed by atoms with E-state index in [1.807, 2.05) is 25.3 Å². The van der Waals surface area contributed by atoms with E-state index in [4.69, 9.17) is 23.2 Å². The molecule has 1 aliphatic heterocycles. The van der Waals surface area contributed by atoms with Crippen molar-refractivity contribution in [2.45, 2.75) is 0 Å². The van der Waals surface area contributed by atoms with Crippen LogP contribution in [0.15, 0.2) is 22.1 Å². The fraction of sp³-hybridized carbons (Fsp3) is 0.385. The van der Waals surface area contributed by atoms with E-state index in [1.165, 1.54) is 0 Å². The van der Waals surface area contributed by atoms with Crippen molar-refractivity contribution < 1.29 is 0 Å². The van der Waals surface area contributed by atoms with Gasteiger partial charge in [0.1, 0.15) is 5.69 Å². The first-order chi connectivity index (χ1) is 10.0. The van der Waals surface area contributed by atoms with Crippen molar-refractivity contribution >= 4 is 57.5 Å². The minimum absolute atomic E-state index is 0.475.